The topological polar surface area (TPSA) is 59.3 Å². The van der Waals surface area contributed by atoms with Crippen LogP contribution in [0.15, 0.2) is 66.7 Å². The largest absolute Gasteiger partial charge is 0.507 e. The number of nitrogens with one attached hydrogen (secondary N) is 1. The lowest BCUT2D eigenvalue weighted by atomic mass is 10.0. The number of ether oxygens (including phenoxy) is 1. The summed E-state index contributed by atoms with van der Waals surface area (Å²) in [6.45, 7) is 2.69. The Morgan fingerprint density at radius 2 is 1.89 bits per heavy atom. The van der Waals surface area contributed by atoms with Crippen LogP contribution in [-0.2, 0) is 0 Å². The van der Waals surface area contributed by atoms with Gasteiger partial charge in [-0.3, -0.25) is 4.57 Å². The Morgan fingerprint density at radius 3 is 2.75 bits per heavy atom. The number of fused-ring (bicyclic) bond motifs is 5. The summed E-state index contributed by atoms with van der Waals surface area (Å²) in [5.74, 6) is 1.77. The first-order valence-corrected chi connectivity index (χ1v) is 9.55. The van der Waals surface area contributed by atoms with Crippen LogP contribution in [0, 0.1) is 0 Å². The van der Waals surface area contributed by atoms with E-state index < -0.39 is 0 Å². The van der Waals surface area contributed by atoms with E-state index in [9.17, 15) is 5.11 Å². The van der Waals surface area contributed by atoms with E-state index >= 15 is 0 Å². The molecule has 1 aliphatic heterocycles. The molecular formula is C23H21N3O2. The maximum atomic E-state index is 10.8. The van der Waals surface area contributed by atoms with Crippen LogP contribution in [0.25, 0.3) is 22.4 Å². The van der Waals surface area contributed by atoms with Crippen LogP contribution < -0.4 is 10.1 Å². The van der Waals surface area contributed by atoms with Crippen LogP contribution in [0.2, 0.25) is 0 Å². The van der Waals surface area contributed by atoms with Gasteiger partial charge in [0.05, 0.1) is 17.6 Å². The molecule has 0 saturated heterocycles. The monoisotopic (exact) mass is 371 g/mol. The molecule has 0 bridgehead atoms. The van der Waals surface area contributed by atoms with Crippen molar-refractivity contribution in [3.63, 3.8) is 0 Å². The van der Waals surface area contributed by atoms with Crippen molar-refractivity contribution in [1.82, 2.24) is 9.55 Å². The molecule has 1 aromatic heterocycles. The molecule has 140 valence electrons. The van der Waals surface area contributed by atoms with Crippen molar-refractivity contribution in [3.05, 3.63) is 72.3 Å². The van der Waals surface area contributed by atoms with Crippen molar-refractivity contribution in [2.45, 2.75) is 19.5 Å². The van der Waals surface area contributed by atoms with Crippen molar-refractivity contribution >= 4 is 16.7 Å². The molecule has 1 atom stereocenters. The Kier molecular flexibility index (Phi) is 3.93. The second-order valence-electron chi connectivity index (χ2n) is 6.96. The molecule has 0 spiro atoms. The highest BCUT2D eigenvalue weighted by Gasteiger charge is 2.29. The number of phenols is 1. The Hall–Kier alpha value is -3.47. The normalized spacial score (nSPS) is 15.0. The summed E-state index contributed by atoms with van der Waals surface area (Å²) < 4.78 is 7.81. The molecule has 0 aliphatic carbocycles. The fraction of sp³-hybridized carbons (Fsp3) is 0.174. The Labute approximate surface area is 163 Å². The number of aromatic hydroxyl groups is 1. The second kappa shape index (κ2) is 6.60. The van der Waals surface area contributed by atoms with Crippen LogP contribution in [0.4, 0.5) is 5.69 Å². The molecule has 0 unspecified atom stereocenters. The fourth-order valence-electron chi connectivity index (χ4n) is 3.79. The molecule has 28 heavy (non-hydrogen) atoms. The van der Waals surface area contributed by atoms with Crippen molar-refractivity contribution in [2.24, 2.45) is 0 Å². The van der Waals surface area contributed by atoms with E-state index in [0.717, 1.165) is 40.1 Å². The first-order valence-electron chi connectivity index (χ1n) is 9.55. The third kappa shape index (κ3) is 2.59. The smallest absolute Gasteiger partial charge is 0.145 e. The summed E-state index contributed by atoms with van der Waals surface area (Å²) in [4.78, 5) is 4.87. The minimum absolute atomic E-state index is 0.203. The van der Waals surface area contributed by atoms with Gasteiger partial charge in [-0.05, 0) is 42.8 Å². The summed E-state index contributed by atoms with van der Waals surface area (Å²) in [7, 11) is 0. The van der Waals surface area contributed by atoms with E-state index in [1.165, 1.54) is 0 Å². The van der Waals surface area contributed by atoms with E-state index in [1.807, 2.05) is 48.5 Å². The van der Waals surface area contributed by atoms with E-state index in [1.54, 1.807) is 6.07 Å². The van der Waals surface area contributed by atoms with E-state index in [-0.39, 0.29) is 11.9 Å². The maximum Gasteiger partial charge on any atom is 0.145 e. The van der Waals surface area contributed by atoms with Gasteiger partial charge in [-0.2, -0.15) is 0 Å². The number of anilines is 1. The van der Waals surface area contributed by atoms with Crippen LogP contribution in [0.3, 0.4) is 0 Å². The van der Waals surface area contributed by atoms with E-state index in [0.29, 0.717) is 12.4 Å². The minimum Gasteiger partial charge on any atom is -0.507 e. The lowest BCUT2D eigenvalue weighted by Gasteiger charge is -2.30. The van der Waals surface area contributed by atoms with Crippen LogP contribution in [-0.4, -0.2) is 21.3 Å². The molecule has 0 saturated carbocycles. The number of nitrogens with zero attached hydrogens (tertiary/aromatic N) is 2. The highest BCUT2D eigenvalue weighted by Crippen LogP contribution is 2.42. The predicted octanol–water partition coefficient (Wildman–Crippen LogP) is 5.17. The van der Waals surface area contributed by atoms with Crippen LogP contribution in [0.5, 0.6) is 11.5 Å². The molecule has 3 aromatic carbocycles. The van der Waals surface area contributed by atoms with Gasteiger partial charge in [0.15, 0.2) is 0 Å². The van der Waals surface area contributed by atoms with Gasteiger partial charge in [-0.25, -0.2) is 4.98 Å². The lowest BCUT2D eigenvalue weighted by molar-refractivity contribution is 0.315. The predicted molar refractivity (Wildman–Crippen MR) is 111 cm³/mol. The average molecular weight is 371 g/mol. The molecule has 5 heteroatoms. The maximum absolute atomic E-state index is 10.8. The first-order chi connectivity index (χ1) is 13.8. The SMILES string of the molecule is CCCOc1ccc([C@@H]2Nc3ccccc3-c3nc4ccccc4n32)c(O)c1. The lowest BCUT2D eigenvalue weighted by Crippen LogP contribution is -2.24. The first kappa shape index (κ1) is 16.7. The summed E-state index contributed by atoms with van der Waals surface area (Å²) >= 11 is 0. The van der Waals surface area contributed by atoms with Crippen molar-refractivity contribution in [1.29, 1.82) is 0 Å². The van der Waals surface area contributed by atoms with Gasteiger partial charge in [-0.15, -0.1) is 0 Å². The zero-order chi connectivity index (χ0) is 19.1. The van der Waals surface area contributed by atoms with Crippen molar-refractivity contribution in [3.8, 4) is 22.9 Å². The van der Waals surface area contributed by atoms with Gasteiger partial charge in [0.1, 0.15) is 23.5 Å². The van der Waals surface area contributed by atoms with Crippen LogP contribution >= 0.6 is 0 Å². The molecule has 2 N–H and O–H groups in total. The molecule has 4 aromatic rings. The second-order valence-corrected chi connectivity index (χ2v) is 6.96. The molecule has 0 fully saturated rings. The number of phenolic OH excluding ortho intramolecular Hbond substituents is 1. The summed E-state index contributed by atoms with van der Waals surface area (Å²) in [6, 6.07) is 21.7. The molecule has 1 aliphatic rings. The van der Waals surface area contributed by atoms with Crippen LogP contribution in [0.1, 0.15) is 25.1 Å². The van der Waals surface area contributed by atoms with Gasteiger partial charge in [0.2, 0.25) is 0 Å². The third-order valence-corrected chi connectivity index (χ3v) is 5.08. The summed E-state index contributed by atoms with van der Waals surface area (Å²) in [6.07, 6.45) is 0.658. The number of imidazole rings is 1. The number of rotatable bonds is 4. The Balaban J connectivity index is 1.68. The quantitative estimate of drug-likeness (QED) is 0.520. The van der Waals surface area contributed by atoms with Gasteiger partial charge in [0.25, 0.3) is 0 Å². The highest BCUT2D eigenvalue weighted by atomic mass is 16.5. The highest BCUT2D eigenvalue weighted by molar-refractivity contribution is 5.86. The Bertz CT molecular complexity index is 1170. The molecular weight excluding hydrogens is 350 g/mol. The number of aromatic nitrogens is 2. The molecule has 0 radical (unpaired) electrons. The zero-order valence-corrected chi connectivity index (χ0v) is 15.6. The zero-order valence-electron chi connectivity index (χ0n) is 15.6. The van der Waals surface area contributed by atoms with Crippen molar-refractivity contribution in [2.75, 3.05) is 11.9 Å². The molecule has 0 amide bonds. The third-order valence-electron chi connectivity index (χ3n) is 5.08. The van der Waals surface area contributed by atoms with Gasteiger partial charge in [-0.1, -0.05) is 31.2 Å². The molecule has 5 nitrogen and oxygen atoms in total. The van der Waals surface area contributed by atoms with Crippen molar-refractivity contribution < 1.29 is 9.84 Å². The van der Waals surface area contributed by atoms with Gasteiger partial charge in [0, 0.05) is 22.9 Å². The van der Waals surface area contributed by atoms with Gasteiger partial charge >= 0.3 is 0 Å². The number of hydrogen-bond donors (Lipinski definition) is 2. The summed E-state index contributed by atoms with van der Waals surface area (Å²) in [5.41, 5.74) is 4.79. The standard InChI is InChI=1S/C23H21N3O2/c1-2-13-28-15-11-12-17(21(27)14-15)23-24-18-8-4-3-7-16(18)22-25-19-9-5-6-10-20(19)26(22)23/h3-12,14,23-24,27H,2,13H2,1H3/t23-/m1/s1. The number of hydrogen-bond acceptors (Lipinski definition) is 4. The average Bonchev–Trinajstić information content (AvgIpc) is 3.12. The summed E-state index contributed by atoms with van der Waals surface area (Å²) in [5, 5.41) is 14.3. The molecule has 2 heterocycles. The number of para-hydroxylation sites is 3. The Morgan fingerprint density at radius 1 is 1.07 bits per heavy atom. The van der Waals surface area contributed by atoms with Gasteiger partial charge < -0.3 is 15.2 Å². The molecule has 5 rings (SSSR count). The minimum atomic E-state index is -0.266. The van der Waals surface area contributed by atoms with E-state index in [4.69, 9.17) is 9.72 Å². The van der Waals surface area contributed by atoms with E-state index in [2.05, 4.69) is 28.9 Å². The fourth-order valence-corrected chi connectivity index (χ4v) is 3.79. The number of benzene rings is 3.